The molecule has 1 N–H and O–H groups in total. The van der Waals surface area contributed by atoms with Crippen molar-refractivity contribution in [2.75, 3.05) is 19.8 Å². The molecule has 0 aromatic carbocycles. The molecule has 7 heteroatoms. The molecule has 26 heavy (non-hydrogen) atoms. The number of hydrogen-bond acceptors (Lipinski definition) is 5. The third kappa shape index (κ3) is 2.91. The average Bonchev–Trinajstić information content (AvgIpc) is 3.08. The van der Waals surface area contributed by atoms with Gasteiger partial charge in [0.1, 0.15) is 11.2 Å². The first-order valence-electron chi connectivity index (χ1n) is 9.11. The Morgan fingerprint density at radius 2 is 2.19 bits per heavy atom. The molecule has 3 heterocycles. The van der Waals surface area contributed by atoms with Crippen molar-refractivity contribution in [1.29, 1.82) is 0 Å². The Bertz CT molecular complexity index is 894. The van der Waals surface area contributed by atoms with Crippen molar-refractivity contribution >= 4 is 11.6 Å². The highest BCUT2D eigenvalue weighted by Gasteiger charge is 2.40. The Balaban J connectivity index is 1.70. The third-order valence-electron chi connectivity index (χ3n) is 5.53. The van der Waals surface area contributed by atoms with E-state index in [1.54, 1.807) is 17.2 Å². The molecule has 3 atom stereocenters. The number of carbonyl (C=O) groups is 1. The lowest BCUT2D eigenvalue weighted by molar-refractivity contribution is -0.0384. The molecule has 1 amide bonds. The van der Waals surface area contributed by atoms with Gasteiger partial charge in [-0.2, -0.15) is 0 Å². The van der Waals surface area contributed by atoms with E-state index in [2.05, 4.69) is 4.98 Å². The van der Waals surface area contributed by atoms with Gasteiger partial charge in [-0.1, -0.05) is 12.5 Å². The topological polar surface area (TPSA) is 84.1 Å². The second-order valence-electron chi connectivity index (χ2n) is 7.21. The van der Waals surface area contributed by atoms with Gasteiger partial charge in [0.25, 0.3) is 11.5 Å². The summed E-state index contributed by atoms with van der Waals surface area (Å²) < 4.78 is 6.99. The number of ether oxygens (including phenoxy) is 1. The standard InChI is InChI=1S/C19H23N3O4/c1-12-5-6-17-20-9-14(19(25)22(17)10-12)18(24)21-7-8-26-11-15(21)13-3-2-4-16(13)23/h5-6,9-10,13,15-16,23H,2-4,7-8,11H2,1H3. The lowest BCUT2D eigenvalue weighted by atomic mass is 9.94. The number of rotatable bonds is 2. The summed E-state index contributed by atoms with van der Waals surface area (Å²) >= 11 is 0. The first kappa shape index (κ1) is 17.2. The van der Waals surface area contributed by atoms with Gasteiger partial charge in [0.2, 0.25) is 0 Å². The zero-order chi connectivity index (χ0) is 18.3. The first-order valence-corrected chi connectivity index (χ1v) is 9.11. The summed E-state index contributed by atoms with van der Waals surface area (Å²) in [6.45, 7) is 3.14. The lowest BCUT2D eigenvalue weighted by Gasteiger charge is -2.40. The van der Waals surface area contributed by atoms with Crippen LogP contribution < -0.4 is 5.56 Å². The number of aromatic nitrogens is 2. The van der Waals surface area contributed by atoms with E-state index in [1.165, 1.54) is 10.6 Å². The average molecular weight is 357 g/mol. The van der Waals surface area contributed by atoms with Gasteiger partial charge >= 0.3 is 0 Å². The van der Waals surface area contributed by atoms with E-state index in [-0.39, 0.29) is 29.0 Å². The number of morpholine rings is 1. The molecular weight excluding hydrogens is 334 g/mol. The fraction of sp³-hybridized carbons (Fsp3) is 0.526. The number of carbonyl (C=O) groups excluding carboxylic acids is 1. The summed E-state index contributed by atoms with van der Waals surface area (Å²) in [4.78, 5) is 32.0. The van der Waals surface area contributed by atoms with Crippen LogP contribution in [0.15, 0.2) is 29.3 Å². The van der Waals surface area contributed by atoms with Gasteiger partial charge in [-0.15, -0.1) is 0 Å². The molecule has 2 fully saturated rings. The Morgan fingerprint density at radius 3 is 2.96 bits per heavy atom. The second kappa shape index (κ2) is 6.81. The molecule has 7 nitrogen and oxygen atoms in total. The predicted molar refractivity (Wildman–Crippen MR) is 95.2 cm³/mol. The zero-order valence-electron chi connectivity index (χ0n) is 14.8. The van der Waals surface area contributed by atoms with Crippen molar-refractivity contribution in [3.05, 3.63) is 46.0 Å². The predicted octanol–water partition coefficient (Wildman–Crippen LogP) is 1.00. The number of nitrogens with zero attached hydrogens (tertiary/aromatic N) is 3. The maximum Gasteiger partial charge on any atom is 0.270 e. The summed E-state index contributed by atoms with van der Waals surface area (Å²) in [5.74, 6) is -0.330. The molecule has 2 aliphatic rings. The number of aliphatic hydroxyl groups is 1. The number of aryl methyl sites for hydroxylation is 1. The van der Waals surface area contributed by atoms with E-state index in [9.17, 15) is 14.7 Å². The van der Waals surface area contributed by atoms with E-state index in [1.807, 2.05) is 13.0 Å². The molecule has 1 saturated heterocycles. The van der Waals surface area contributed by atoms with Crippen LogP contribution in [0.3, 0.4) is 0 Å². The maximum atomic E-state index is 13.2. The highest BCUT2D eigenvalue weighted by molar-refractivity contribution is 5.94. The van der Waals surface area contributed by atoms with Crippen molar-refractivity contribution in [3.8, 4) is 0 Å². The molecule has 0 bridgehead atoms. The van der Waals surface area contributed by atoms with Crippen LogP contribution in [0.5, 0.6) is 0 Å². The molecule has 1 aliphatic heterocycles. The molecule has 1 aliphatic carbocycles. The van der Waals surface area contributed by atoms with Crippen molar-refractivity contribution in [3.63, 3.8) is 0 Å². The molecule has 0 radical (unpaired) electrons. The van der Waals surface area contributed by atoms with Gasteiger partial charge in [0.15, 0.2) is 0 Å². The second-order valence-corrected chi connectivity index (χ2v) is 7.21. The van der Waals surface area contributed by atoms with Crippen molar-refractivity contribution < 1.29 is 14.6 Å². The van der Waals surface area contributed by atoms with Crippen molar-refractivity contribution in [1.82, 2.24) is 14.3 Å². The smallest absolute Gasteiger partial charge is 0.270 e. The van der Waals surface area contributed by atoms with Crippen LogP contribution in [-0.4, -0.2) is 57.2 Å². The van der Waals surface area contributed by atoms with Crippen molar-refractivity contribution in [2.24, 2.45) is 5.92 Å². The van der Waals surface area contributed by atoms with Gasteiger partial charge < -0.3 is 14.7 Å². The minimum atomic E-state index is -0.421. The summed E-state index contributed by atoms with van der Waals surface area (Å²) in [6.07, 6.45) is 5.21. The summed E-state index contributed by atoms with van der Waals surface area (Å²) in [7, 11) is 0. The molecule has 2 aromatic rings. The molecule has 1 saturated carbocycles. The van der Waals surface area contributed by atoms with E-state index in [4.69, 9.17) is 4.74 Å². The Morgan fingerprint density at radius 1 is 1.35 bits per heavy atom. The fourth-order valence-corrected chi connectivity index (χ4v) is 4.13. The van der Waals surface area contributed by atoms with Crippen LogP contribution in [0.25, 0.3) is 5.65 Å². The highest BCUT2D eigenvalue weighted by Crippen LogP contribution is 2.32. The Labute approximate surface area is 151 Å². The molecule has 0 spiro atoms. The van der Waals surface area contributed by atoms with E-state index >= 15 is 0 Å². The SMILES string of the molecule is Cc1ccc2ncc(C(=O)N3CCOCC3C3CCCC3O)c(=O)n2c1. The van der Waals surface area contributed by atoms with E-state index in [0.717, 1.165) is 24.8 Å². The van der Waals surface area contributed by atoms with Gasteiger partial charge in [-0.05, 0) is 31.4 Å². The first-order chi connectivity index (χ1) is 12.6. The van der Waals surface area contributed by atoms with Crippen LogP contribution in [0.2, 0.25) is 0 Å². The van der Waals surface area contributed by atoms with Gasteiger partial charge in [0, 0.05) is 24.9 Å². The van der Waals surface area contributed by atoms with E-state index in [0.29, 0.717) is 25.4 Å². The van der Waals surface area contributed by atoms with Gasteiger partial charge in [-0.3, -0.25) is 14.0 Å². The largest absolute Gasteiger partial charge is 0.393 e. The van der Waals surface area contributed by atoms with Gasteiger partial charge in [-0.25, -0.2) is 4.98 Å². The number of hydrogen-bond donors (Lipinski definition) is 1. The van der Waals surface area contributed by atoms with E-state index < -0.39 is 6.10 Å². The minimum Gasteiger partial charge on any atom is -0.393 e. The Kier molecular flexibility index (Phi) is 4.50. The summed E-state index contributed by atoms with van der Waals surface area (Å²) in [6, 6.07) is 3.44. The number of fused-ring (bicyclic) bond motifs is 1. The molecule has 4 rings (SSSR count). The van der Waals surface area contributed by atoms with Crippen LogP contribution in [-0.2, 0) is 4.74 Å². The zero-order valence-corrected chi connectivity index (χ0v) is 14.8. The number of aliphatic hydroxyl groups excluding tert-OH is 1. The van der Waals surface area contributed by atoms with Crippen LogP contribution >= 0.6 is 0 Å². The highest BCUT2D eigenvalue weighted by atomic mass is 16.5. The molecular formula is C19H23N3O4. The number of pyridine rings is 1. The normalized spacial score (nSPS) is 26.4. The Hall–Kier alpha value is -2.25. The monoisotopic (exact) mass is 357 g/mol. The fourth-order valence-electron chi connectivity index (χ4n) is 4.13. The maximum absolute atomic E-state index is 13.2. The van der Waals surface area contributed by atoms with Gasteiger partial charge in [0.05, 0.1) is 25.4 Å². The third-order valence-corrected chi connectivity index (χ3v) is 5.53. The molecule has 3 unspecified atom stereocenters. The summed E-state index contributed by atoms with van der Waals surface area (Å²) in [5.41, 5.74) is 1.14. The summed E-state index contributed by atoms with van der Waals surface area (Å²) in [5, 5.41) is 10.3. The lowest BCUT2D eigenvalue weighted by Crippen LogP contribution is -2.54. The van der Waals surface area contributed by atoms with Crippen LogP contribution in [0, 0.1) is 12.8 Å². The molecule has 2 aromatic heterocycles. The number of amides is 1. The quantitative estimate of drug-likeness (QED) is 0.867. The van der Waals surface area contributed by atoms with Crippen LogP contribution in [0.4, 0.5) is 0 Å². The molecule has 138 valence electrons. The van der Waals surface area contributed by atoms with Crippen molar-refractivity contribution in [2.45, 2.75) is 38.3 Å². The minimum absolute atomic E-state index is 0.00216. The van der Waals surface area contributed by atoms with Crippen LogP contribution in [0.1, 0.15) is 35.2 Å².